The highest BCUT2D eigenvalue weighted by molar-refractivity contribution is 5.99. The number of hydrogen-bond acceptors (Lipinski definition) is 2. The molecule has 104 valence electrons. The van der Waals surface area contributed by atoms with Crippen molar-refractivity contribution in [3.63, 3.8) is 0 Å². The number of benzene rings is 2. The molecule has 0 fully saturated rings. The fourth-order valence-electron chi connectivity index (χ4n) is 2.34. The van der Waals surface area contributed by atoms with Gasteiger partial charge in [0, 0.05) is 29.2 Å². The zero-order valence-electron chi connectivity index (χ0n) is 11.2. The van der Waals surface area contributed by atoms with Gasteiger partial charge in [0.05, 0.1) is 0 Å². The summed E-state index contributed by atoms with van der Waals surface area (Å²) in [6, 6.07) is 13.9. The fraction of sp³-hybridized carbons (Fsp3) is 0.0625. The van der Waals surface area contributed by atoms with Gasteiger partial charge in [0.15, 0.2) is 5.84 Å². The smallest absolute Gasteiger partial charge is 0.173 e. The van der Waals surface area contributed by atoms with Crippen LogP contribution in [-0.4, -0.2) is 10.4 Å². The summed E-state index contributed by atoms with van der Waals surface area (Å²) in [5, 5.41) is 11.7. The van der Waals surface area contributed by atoms with Gasteiger partial charge in [-0.25, -0.2) is 9.92 Å². The Labute approximate surface area is 120 Å². The van der Waals surface area contributed by atoms with Gasteiger partial charge in [-0.05, 0) is 42.0 Å². The average molecular weight is 280 g/mol. The summed E-state index contributed by atoms with van der Waals surface area (Å²) >= 11 is 0. The SMILES string of the molecule is N=NC(=N)c1ccc2c(ccn2Cc2ccc(F)cc2)c1. The van der Waals surface area contributed by atoms with Crippen LogP contribution in [0.25, 0.3) is 10.9 Å². The van der Waals surface area contributed by atoms with Crippen LogP contribution in [0.4, 0.5) is 4.39 Å². The molecule has 21 heavy (non-hydrogen) atoms. The first-order valence-corrected chi connectivity index (χ1v) is 6.47. The third kappa shape index (κ3) is 2.58. The van der Waals surface area contributed by atoms with Gasteiger partial charge in [-0.1, -0.05) is 12.1 Å². The Morgan fingerprint density at radius 2 is 1.86 bits per heavy atom. The van der Waals surface area contributed by atoms with E-state index in [1.54, 1.807) is 18.2 Å². The van der Waals surface area contributed by atoms with Crippen molar-refractivity contribution in [3.8, 4) is 0 Å². The second-order valence-corrected chi connectivity index (χ2v) is 4.80. The summed E-state index contributed by atoms with van der Waals surface area (Å²) in [6.45, 7) is 0.656. The molecule has 0 bridgehead atoms. The summed E-state index contributed by atoms with van der Waals surface area (Å²) in [7, 11) is 0. The highest BCUT2D eigenvalue weighted by Gasteiger charge is 2.05. The lowest BCUT2D eigenvalue weighted by Crippen LogP contribution is -1.98. The van der Waals surface area contributed by atoms with E-state index in [4.69, 9.17) is 10.9 Å². The van der Waals surface area contributed by atoms with Crippen LogP contribution in [0.2, 0.25) is 0 Å². The molecule has 0 saturated heterocycles. The predicted molar refractivity (Wildman–Crippen MR) is 79.4 cm³/mol. The van der Waals surface area contributed by atoms with Crippen molar-refractivity contribution in [2.75, 3.05) is 0 Å². The maximum atomic E-state index is 12.9. The van der Waals surface area contributed by atoms with Gasteiger partial charge < -0.3 is 4.57 Å². The molecule has 0 amide bonds. The highest BCUT2D eigenvalue weighted by atomic mass is 19.1. The molecular weight excluding hydrogens is 267 g/mol. The van der Waals surface area contributed by atoms with Gasteiger partial charge in [0.2, 0.25) is 0 Å². The number of nitrogens with one attached hydrogen (secondary N) is 2. The highest BCUT2D eigenvalue weighted by Crippen LogP contribution is 2.19. The molecule has 0 spiro atoms. The molecule has 0 aliphatic carbocycles. The van der Waals surface area contributed by atoms with E-state index in [-0.39, 0.29) is 11.7 Å². The quantitative estimate of drug-likeness (QED) is 0.410. The van der Waals surface area contributed by atoms with Crippen molar-refractivity contribution in [1.82, 2.24) is 4.57 Å². The first-order chi connectivity index (χ1) is 10.2. The number of amidine groups is 1. The van der Waals surface area contributed by atoms with Gasteiger partial charge in [-0.2, -0.15) is 0 Å². The molecule has 2 N–H and O–H groups in total. The van der Waals surface area contributed by atoms with Crippen LogP contribution in [0.5, 0.6) is 0 Å². The zero-order valence-corrected chi connectivity index (χ0v) is 11.2. The lowest BCUT2D eigenvalue weighted by atomic mass is 10.1. The number of hydrogen-bond donors (Lipinski definition) is 2. The van der Waals surface area contributed by atoms with Gasteiger partial charge in [-0.15, -0.1) is 5.11 Å². The topological polar surface area (TPSA) is 65.0 Å². The van der Waals surface area contributed by atoms with E-state index >= 15 is 0 Å². The van der Waals surface area contributed by atoms with Crippen molar-refractivity contribution < 1.29 is 4.39 Å². The van der Waals surface area contributed by atoms with Crippen LogP contribution in [0, 0.1) is 16.8 Å². The third-order valence-electron chi connectivity index (χ3n) is 3.42. The fourth-order valence-corrected chi connectivity index (χ4v) is 2.34. The van der Waals surface area contributed by atoms with Crippen molar-refractivity contribution in [2.45, 2.75) is 6.54 Å². The number of rotatable bonds is 3. The van der Waals surface area contributed by atoms with Gasteiger partial charge >= 0.3 is 0 Å². The predicted octanol–water partition coefficient (Wildman–Crippen LogP) is 4.19. The average Bonchev–Trinajstić information content (AvgIpc) is 2.91. The number of halogens is 1. The Bertz CT molecular complexity index is 818. The Balaban J connectivity index is 1.95. The normalized spacial score (nSPS) is 10.7. The Hall–Kier alpha value is -2.82. The molecule has 0 unspecified atom stereocenters. The summed E-state index contributed by atoms with van der Waals surface area (Å²) in [6.07, 6.45) is 1.96. The summed E-state index contributed by atoms with van der Waals surface area (Å²) in [5.41, 5.74) is 9.56. The minimum Gasteiger partial charge on any atom is -0.343 e. The van der Waals surface area contributed by atoms with Crippen LogP contribution in [0.3, 0.4) is 0 Å². The molecule has 0 radical (unpaired) electrons. The van der Waals surface area contributed by atoms with E-state index in [2.05, 4.69) is 9.68 Å². The number of fused-ring (bicyclic) bond motifs is 1. The third-order valence-corrected chi connectivity index (χ3v) is 3.42. The van der Waals surface area contributed by atoms with Gasteiger partial charge in [-0.3, -0.25) is 5.41 Å². The maximum absolute atomic E-state index is 12.9. The van der Waals surface area contributed by atoms with E-state index in [0.717, 1.165) is 16.5 Å². The van der Waals surface area contributed by atoms with E-state index in [1.165, 1.54) is 12.1 Å². The molecule has 3 aromatic rings. The summed E-state index contributed by atoms with van der Waals surface area (Å²) in [4.78, 5) is 0. The lowest BCUT2D eigenvalue weighted by molar-refractivity contribution is 0.626. The van der Waals surface area contributed by atoms with E-state index in [0.29, 0.717) is 12.1 Å². The molecule has 1 heterocycles. The summed E-state index contributed by atoms with van der Waals surface area (Å²) < 4.78 is 15.0. The van der Waals surface area contributed by atoms with Crippen LogP contribution >= 0.6 is 0 Å². The molecule has 0 aliphatic rings. The minimum atomic E-state index is -0.238. The Kier molecular flexibility index (Phi) is 3.31. The van der Waals surface area contributed by atoms with Crippen molar-refractivity contribution in [1.29, 1.82) is 10.9 Å². The zero-order chi connectivity index (χ0) is 14.8. The summed E-state index contributed by atoms with van der Waals surface area (Å²) in [5.74, 6) is -0.290. The lowest BCUT2D eigenvalue weighted by Gasteiger charge is -2.06. The minimum absolute atomic E-state index is 0.0526. The molecular formula is C16H13FN4. The second-order valence-electron chi connectivity index (χ2n) is 4.80. The maximum Gasteiger partial charge on any atom is 0.173 e. The van der Waals surface area contributed by atoms with Crippen molar-refractivity contribution >= 4 is 16.7 Å². The molecule has 0 saturated carbocycles. The van der Waals surface area contributed by atoms with Crippen LogP contribution in [0.1, 0.15) is 11.1 Å². The standard InChI is InChI=1S/C16H13FN4/c17-14-4-1-11(2-5-14)10-21-8-7-12-9-13(16(18)20-19)3-6-15(12)21/h1-9,18-19H,10H2. The van der Waals surface area contributed by atoms with Gasteiger partial charge in [0.25, 0.3) is 0 Å². The Morgan fingerprint density at radius 1 is 1.10 bits per heavy atom. The van der Waals surface area contributed by atoms with Crippen molar-refractivity contribution in [2.24, 2.45) is 5.11 Å². The molecule has 3 rings (SSSR count). The van der Waals surface area contributed by atoms with E-state index < -0.39 is 0 Å². The molecule has 4 nitrogen and oxygen atoms in total. The van der Waals surface area contributed by atoms with Crippen LogP contribution in [0.15, 0.2) is 59.8 Å². The van der Waals surface area contributed by atoms with E-state index in [1.807, 2.05) is 24.4 Å². The second kappa shape index (κ2) is 5.28. The van der Waals surface area contributed by atoms with Crippen molar-refractivity contribution in [3.05, 3.63) is 71.7 Å². The van der Waals surface area contributed by atoms with Gasteiger partial charge in [0.1, 0.15) is 5.82 Å². The Morgan fingerprint density at radius 3 is 2.57 bits per heavy atom. The van der Waals surface area contributed by atoms with Crippen LogP contribution in [-0.2, 0) is 6.54 Å². The number of aromatic nitrogens is 1. The first kappa shape index (κ1) is 13.2. The number of nitrogens with zero attached hydrogens (tertiary/aromatic N) is 2. The first-order valence-electron chi connectivity index (χ1n) is 6.47. The molecule has 0 aliphatic heterocycles. The molecule has 5 heteroatoms. The largest absolute Gasteiger partial charge is 0.343 e. The molecule has 1 aromatic heterocycles. The monoisotopic (exact) mass is 280 g/mol. The molecule has 0 atom stereocenters. The molecule has 2 aromatic carbocycles. The van der Waals surface area contributed by atoms with Crippen LogP contribution < -0.4 is 0 Å². The van der Waals surface area contributed by atoms with E-state index in [9.17, 15) is 4.39 Å².